The largest absolute Gasteiger partial charge is 0.330 e. The minimum absolute atomic E-state index is 0.0368. The van der Waals surface area contributed by atoms with Gasteiger partial charge in [-0.3, -0.25) is 9.89 Å². The van der Waals surface area contributed by atoms with E-state index >= 15 is 0 Å². The SMILES string of the molecule is CC(C)(C)c1cc(NC(=O)c2csc(CCN)n2)n[nH]1. The number of carbonyl (C=O) groups excluding carboxylic acids is 1. The van der Waals surface area contributed by atoms with Gasteiger partial charge >= 0.3 is 0 Å². The predicted octanol–water partition coefficient (Wildman–Crippen LogP) is 1.92. The lowest BCUT2D eigenvalue weighted by atomic mass is 9.92. The van der Waals surface area contributed by atoms with Crippen molar-refractivity contribution in [3.8, 4) is 0 Å². The van der Waals surface area contributed by atoms with E-state index in [2.05, 4.69) is 41.3 Å². The molecule has 6 nitrogen and oxygen atoms in total. The third-order valence-corrected chi connectivity index (χ3v) is 3.68. The van der Waals surface area contributed by atoms with Crippen LogP contribution in [0.1, 0.15) is 42.0 Å². The average Bonchev–Trinajstić information content (AvgIpc) is 2.97. The molecule has 2 aromatic rings. The number of thiazole rings is 1. The van der Waals surface area contributed by atoms with E-state index in [4.69, 9.17) is 5.73 Å². The Morgan fingerprint density at radius 1 is 1.50 bits per heavy atom. The van der Waals surface area contributed by atoms with Crippen LogP contribution in [-0.4, -0.2) is 27.6 Å². The zero-order valence-corrected chi connectivity index (χ0v) is 12.7. The molecule has 108 valence electrons. The van der Waals surface area contributed by atoms with Crippen molar-refractivity contribution in [2.75, 3.05) is 11.9 Å². The van der Waals surface area contributed by atoms with Crippen LogP contribution in [0, 0.1) is 0 Å². The van der Waals surface area contributed by atoms with Gasteiger partial charge in [0.15, 0.2) is 5.82 Å². The molecule has 0 fully saturated rings. The Labute approximate surface area is 121 Å². The quantitative estimate of drug-likeness (QED) is 0.802. The van der Waals surface area contributed by atoms with Crippen molar-refractivity contribution >= 4 is 23.1 Å². The summed E-state index contributed by atoms with van der Waals surface area (Å²) in [5.41, 5.74) is 6.80. The van der Waals surface area contributed by atoms with Crippen LogP contribution < -0.4 is 11.1 Å². The Morgan fingerprint density at radius 3 is 2.85 bits per heavy atom. The van der Waals surface area contributed by atoms with E-state index in [0.29, 0.717) is 24.5 Å². The normalized spacial score (nSPS) is 11.6. The van der Waals surface area contributed by atoms with Crippen LogP contribution in [-0.2, 0) is 11.8 Å². The van der Waals surface area contributed by atoms with Crippen LogP contribution in [0.25, 0.3) is 0 Å². The number of aromatic nitrogens is 3. The first-order valence-corrected chi connectivity index (χ1v) is 7.30. The maximum atomic E-state index is 12.0. The number of carbonyl (C=O) groups is 1. The van der Waals surface area contributed by atoms with Gasteiger partial charge in [0.1, 0.15) is 5.69 Å². The van der Waals surface area contributed by atoms with E-state index in [9.17, 15) is 4.79 Å². The number of anilines is 1. The van der Waals surface area contributed by atoms with Gasteiger partial charge in [-0.05, 0) is 6.54 Å². The van der Waals surface area contributed by atoms with Crippen molar-refractivity contribution < 1.29 is 4.79 Å². The van der Waals surface area contributed by atoms with E-state index in [1.54, 1.807) is 5.38 Å². The monoisotopic (exact) mass is 293 g/mol. The molecule has 0 aliphatic heterocycles. The first kappa shape index (κ1) is 14.7. The summed E-state index contributed by atoms with van der Waals surface area (Å²) in [4.78, 5) is 16.3. The molecule has 1 amide bonds. The lowest BCUT2D eigenvalue weighted by Gasteiger charge is -2.14. The maximum Gasteiger partial charge on any atom is 0.276 e. The van der Waals surface area contributed by atoms with Crippen LogP contribution >= 0.6 is 11.3 Å². The summed E-state index contributed by atoms with van der Waals surface area (Å²) in [6.45, 7) is 6.76. The summed E-state index contributed by atoms with van der Waals surface area (Å²) >= 11 is 1.44. The van der Waals surface area contributed by atoms with E-state index < -0.39 is 0 Å². The van der Waals surface area contributed by atoms with Gasteiger partial charge in [-0.15, -0.1) is 11.3 Å². The molecule has 0 unspecified atom stereocenters. The molecule has 0 spiro atoms. The molecule has 0 saturated carbocycles. The fourth-order valence-corrected chi connectivity index (χ4v) is 2.40. The highest BCUT2D eigenvalue weighted by Gasteiger charge is 2.18. The Morgan fingerprint density at radius 2 is 2.25 bits per heavy atom. The van der Waals surface area contributed by atoms with Crippen molar-refractivity contribution in [3.05, 3.63) is 27.8 Å². The van der Waals surface area contributed by atoms with E-state index in [0.717, 1.165) is 10.7 Å². The number of nitrogens with one attached hydrogen (secondary N) is 2. The van der Waals surface area contributed by atoms with Gasteiger partial charge in [-0.1, -0.05) is 20.8 Å². The standard InChI is InChI=1S/C13H19N5OS/c1-13(2,3)9-6-10(18-17-9)16-12(19)8-7-20-11(15-8)4-5-14/h6-7H,4-5,14H2,1-3H3,(H2,16,17,18,19). The maximum absolute atomic E-state index is 12.0. The summed E-state index contributed by atoms with van der Waals surface area (Å²) in [7, 11) is 0. The average molecular weight is 293 g/mol. The number of nitrogens with zero attached hydrogens (tertiary/aromatic N) is 2. The molecule has 7 heteroatoms. The van der Waals surface area contributed by atoms with Crippen molar-refractivity contribution in [3.63, 3.8) is 0 Å². The predicted molar refractivity (Wildman–Crippen MR) is 80.1 cm³/mol. The summed E-state index contributed by atoms with van der Waals surface area (Å²) in [5.74, 6) is 0.254. The Kier molecular flexibility index (Phi) is 4.20. The van der Waals surface area contributed by atoms with Gasteiger partial charge in [-0.25, -0.2) is 4.98 Å². The van der Waals surface area contributed by atoms with Crippen molar-refractivity contribution in [2.24, 2.45) is 5.73 Å². The minimum atomic E-state index is -0.253. The minimum Gasteiger partial charge on any atom is -0.330 e. The zero-order chi connectivity index (χ0) is 14.8. The number of amides is 1. The molecule has 2 heterocycles. The van der Waals surface area contributed by atoms with E-state index in [-0.39, 0.29) is 11.3 Å². The molecule has 0 aliphatic rings. The lowest BCUT2D eigenvalue weighted by molar-refractivity contribution is 0.102. The van der Waals surface area contributed by atoms with Crippen LogP contribution in [0.4, 0.5) is 5.82 Å². The topological polar surface area (TPSA) is 96.7 Å². The molecule has 2 aromatic heterocycles. The number of rotatable bonds is 4. The smallest absolute Gasteiger partial charge is 0.276 e. The zero-order valence-electron chi connectivity index (χ0n) is 11.9. The number of hydrogen-bond acceptors (Lipinski definition) is 5. The second kappa shape index (κ2) is 5.72. The molecule has 0 bridgehead atoms. The first-order valence-electron chi connectivity index (χ1n) is 6.42. The number of nitrogens with two attached hydrogens (primary N) is 1. The number of aromatic amines is 1. The molecule has 0 aromatic carbocycles. The van der Waals surface area contributed by atoms with Crippen molar-refractivity contribution in [1.82, 2.24) is 15.2 Å². The summed E-state index contributed by atoms with van der Waals surface area (Å²) in [5, 5.41) is 12.4. The molecule has 0 aliphatic carbocycles. The van der Waals surface area contributed by atoms with Crippen LogP contribution in [0.2, 0.25) is 0 Å². The van der Waals surface area contributed by atoms with E-state index in [1.807, 2.05) is 6.07 Å². The molecular formula is C13H19N5OS. The van der Waals surface area contributed by atoms with Crippen molar-refractivity contribution in [2.45, 2.75) is 32.6 Å². The second-order valence-electron chi connectivity index (χ2n) is 5.54. The number of H-pyrrole nitrogens is 1. The van der Waals surface area contributed by atoms with Gasteiger partial charge in [0, 0.05) is 29.0 Å². The summed E-state index contributed by atoms with van der Waals surface area (Å²) < 4.78 is 0. The third-order valence-electron chi connectivity index (χ3n) is 2.77. The fraction of sp³-hybridized carbons (Fsp3) is 0.462. The van der Waals surface area contributed by atoms with Gasteiger partial charge in [0.25, 0.3) is 5.91 Å². The summed E-state index contributed by atoms with van der Waals surface area (Å²) in [6.07, 6.45) is 0.689. The Hall–Kier alpha value is -1.73. The first-order chi connectivity index (χ1) is 9.40. The third kappa shape index (κ3) is 3.43. The molecule has 2 rings (SSSR count). The van der Waals surface area contributed by atoms with E-state index in [1.165, 1.54) is 11.3 Å². The second-order valence-corrected chi connectivity index (χ2v) is 6.48. The van der Waals surface area contributed by atoms with Crippen LogP contribution in [0.5, 0.6) is 0 Å². The van der Waals surface area contributed by atoms with Crippen molar-refractivity contribution in [1.29, 1.82) is 0 Å². The number of hydrogen-bond donors (Lipinski definition) is 3. The van der Waals surface area contributed by atoms with Gasteiger partial charge < -0.3 is 11.1 Å². The lowest BCUT2D eigenvalue weighted by Crippen LogP contribution is -2.13. The molecule has 4 N–H and O–H groups in total. The highest BCUT2D eigenvalue weighted by Crippen LogP contribution is 2.22. The van der Waals surface area contributed by atoms with Crippen LogP contribution in [0.3, 0.4) is 0 Å². The fourth-order valence-electron chi connectivity index (χ4n) is 1.60. The van der Waals surface area contributed by atoms with Crippen LogP contribution in [0.15, 0.2) is 11.4 Å². The molecule has 20 heavy (non-hydrogen) atoms. The molecule has 0 saturated heterocycles. The van der Waals surface area contributed by atoms with Gasteiger partial charge in [0.2, 0.25) is 0 Å². The molecular weight excluding hydrogens is 274 g/mol. The van der Waals surface area contributed by atoms with Gasteiger partial charge in [0.05, 0.1) is 5.01 Å². The molecule has 0 radical (unpaired) electrons. The van der Waals surface area contributed by atoms with Gasteiger partial charge in [-0.2, -0.15) is 5.10 Å². The highest BCUT2D eigenvalue weighted by atomic mass is 32.1. The highest BCUT2D eigenvalue weighted by molar-refractivity contribution is 7.09. The Balaban J connectivity index is 2.05. The summed E-state index contributed by atoms with van der Waals surface area (Å²) in [6, 6.07) is 1.84. The Bertz CT molecular complexity index is 596. The molecule has 0 atom stereocenters.